The third-order valence-electron chi connectivity index (χ3n) is 7.35. The summed E-state index contributed by atoms with van der Waals surface area (Å²) in [4.78, 5) is 46.0. The number of benzene rings is 1. The van der Waals surface area contributed by atoms with E-state index in [9.17, 15) is 14.4 Å². The zero-order valence-corrected chi connectivity index (χ0v) is 22.1. The molecule has 2 N–H and O–H groups in total. The van der Waals surface area contributed by atoms with Gasteiger partial charge in [-0.05, 0) is 50.3 Å². The summed E-state index contributed by atoms with van der Waals surface area (Å²) in [5.74, 6) is 0.342. The maximum absolute atomic E-state index is 13.7. The third kappa shape index (κ3) is 5.28. The Morgan fingerprint density at radius 1 is 1.16 bits per heavy atom. The summed E-state index contributed by atoms with van der Waals surface area (Å²) in [5.41, 5.74) is 0.226. The summed E-state index contributed by atoms with van der Waals surface area (Å²) in [7, 11) is 3.16. The fourth-order valence-corrected chi connectivity index (χ4v) is 5.28. The standard InChI is InChI=1S/C27H37N5O5/c1-5-14-32-25(34)23-22(24(33)28-13-12-18-10-11-20(36-3)21(15-18)37-4)29-17-31(23)16-27(32,2)26(35)30-19-8-6-7-9-19/h10-11,15,17,19H,5-9,12-14,16H2,1-4H3,(H,28,33)(H,30,35)/t27-/m1/s1. The van der Waals surface area contributed by atoms with Crippen molar-refractivity contribution in [2.45, 2.75) is 70.5 Å². The lowest BCUT2D eigenvalue weighted by Crippen LogP contribution is -2.65. The van der Waals surface area contributed by atoms with Crippen molar-refractivity contribution in [2.24, 2.45) is 0 Å². The molecule has 200 valence electrons. The molecule has 0 unspecified atom stereocenters. The smallest absolute Gasteiger partial charge is 0.273 e. The van der Waals surface area contributed by atoms with E-state index >= 15 is 0 Å². The van der Waals surface area contributed by atoms with Crippen molar-refractivity contribution < 1.29 is 23.9 Å². The second-order valence-corrected chi connectivity index (χ2v) is 9.95. The van der Waals surface area contributed by atoms with E-state index in [1.807, 2.05) is 25.1 Å². The minimum atomic E-state index is -1.05. The summed E-state index contributed by atoms with van der Waals surface area (Å²) < 4.78 is 12.3. The van der Waals surface area contributed by atoms with Crippen molar-refractivity contribution in [1.82, 2.24) is 25.1 Å². The van der Waals surface area contributed by atoms with Gasteiger partial charge in [-0.3, -0.25) is 14.4 Å². The Kier molecular flexibility index (Phi) is 8.04. The van der Waals surface area contributed by atoms with Crippen LogP contribution in [-0.2, 0) is 17.8 Å². The topological polar surface area (TPSA) is 115 Å². The maximum atomic E-state index is 13.7. The van der Waals surface area contributed by atoms with Crippen LogP contribution < -0.4 is 20.1 Å². The van der Waals surface area contributed by atoms with Crippen LogP contribution in [0.15, 0.2) is 24.5 Å². The Morgan fingerprint density at radius 2 is 1.89 bits per heavy atom. The second kappa shape index (κ2) is 11.2. The molecule has 4 rings (SSSR count). The van der Waals surface area contributed by atoms with Gasteiger partial charge in [-0.15, -0.1) is 0 Å². The second-order valence-electron chi connectivity index (χ2n) is 9.95. The Balaban J connectivity index is 1.48. The van der Waals surface area contributed by atoms with Crippen molar-refractivity contribution in [2.75, 3.05) is 27.3 Å². The molecule has 10 nitrogen and oxygen atoms in total. The van der Waals surface area contributed by atoms with Gasteiger partial charge in [0.2, 0.25) is 5.91 Å². The van der Waals surface area contributed by atoms with E-state index in [1.54, 1.807) is 30.6 Å². The van der Waals surface area contributed by atoms with Gasteiger partial charge in [0.1, 0.15) is 11.2 Å². The molecule has 1 aromatic carbocycles. The summed E-state index contributed by atoms with van der Waals surface area (Å²) >= 11 is 0. The number of hydrogen-bond donors (Lipinski definition) is 2. The lowest BCUT2D eigenvalue weighted by molar-refractivity contribution is -0.133. The molecule has 1 aliphatic heterocycles. The van der Waals surface area contributed by atoms with Gasteiger partial charge in [0.25, 0.3) is 11.8 Å². The summed E-state index contributed by atoms with van der Waals surface area (Å²) in [5, 5.41) is 6.03. The zero-order valence-electron chi connectivity index (χ0n) is 22.1. The van der Waals surface area contributed by atoms with Crippen LogP contribution in [0, 0.1) is 0 Å². The molecule has 2 heterocycles. The molecule has 0 saturated heterocycles. The Morgan fingerprint density at radius 3 is 2.57 bits per heavy atom. The first-order chi connectivity index (χ1) is 17.8. The van der Waals surface area contributed by atoms with Crippen LogP contribution in [0.4, 0.5) is 0 Å². The monoisotopic (exact) mass is 511 g/mol. The number of nitrogens with one attached hydrogen (secondary N) is 2. The van der Waals surface area contributed by atoms with Crippen molar-refractivity contribution >= 4 is 17.7 Å². The van der Waals surface area contributed by atoms with E-state index in [1.165, 1.54) is 6.33 Å². The van der Waals surface area contributed by atoms with Crippen molar-refractivity contribution in [3.8, 4) is 11.5 Å². The van der Waals surface area contributed by atoms with Crippen molar-refractivity contribution in [3.05, 3.63) is 41.5 Å². The van der Waals surface area contributed by atoms with Crippen LogP contribution in [-0.4, -0.2) is 71.1 Å². The number of ether oxygens (including phenoxy) is 2. The van der Waals surface area contributed by atoms with E-state index in [0.717, 1.165) is 31.2 Å². The van der Waals surface area contributed by atoms with E-state index in [0.29, 0.717) is 37.4 Å². The molecular formula is C27H37N5O5. The molecule has 1 saturated carbocycles. The molecule has 0 bridgehead atoms. The van der Waals surface area contributed by atoms with Gasteiger partial charge in [-0.1, -0.05) is 25.8 Å². The van der Waals surface area contributed by atoms with Crippen LogP contribution in [0.3, 0.4) is 0 Å². The largest absolute Gasteiger partial charge is 0.493 e. The highest BCUT2D eigenvalue weighted by Crippen LogP contribution is 2.30. The number of imidazole rings is 1. The molecule has 2 aliphatic rings. The molecule has 1 aliphatic carbocycles. The molecule has 3 amide bonds. The molecule has 2 aromatic rings. The van der Waals surface area contributed by atoms with Gasteiger partial charge < -0.3 is 29.6 Å². The minimum Gasteiger partial charge on any atom is -0.493 e. The van der Waals surface area contributed by atoms with Gasteiger partial charge in [0.15, 0.2) is 17.2 Å². The molecule has 0 radical (unpaired) electrons. The predicted octanol–water partition coefficient (Wildman–Crippen LogP) is 2.56. The molecule has 1 aromatic heterocycles. The molecule has 1 fully saturated rings. The number of amides is 3. The molecule has 1 atom stereocenters. The first-order valence-corrected chi connectivity index (χ1v) is 13.0. The molecular weight excluding hydrogens is 474 g/mol. The van der Waals surface area contributed by atoms with E-state index in [2.05, 4.69) is 15.6 Å². The summed E-state index contributed by atoms with van der Waals surface area (Å²) in [6, 6.07) is 5.75. The van der Waals surface area contributed by atoms with Gasteiger partial charge in [-0.2, -0.15) is 0 Å². The van der Waals surface area contributed by atoms with Crippen LogP contribution in [0.5, 0.6) is 11.5 Å². The highest BCUT2D eigenvalue weighted by atomic mass is 16.5. The highest BCUT2D eigenvalue weighted by Gasteiger charge is 2.48. The Hall–Kier alpha value is -3.56. The molecule has 37 heavy (non-hydrogen) atoms. The normalized spacial score (nSPS) is 19.5. The van der Waals surface area contributed by atoms with E-state index in [-0.39, 0.29) is 35.8 Å². The van der Waals surface area contributed by atoms with Crippen LogP contribution >= 0.6 is 0 Å². The number of rotatable bonds is 10. The van der Waals surface area contributed by atoms with Gasteiger partial charge in [-0.25, -0.2) is 4.98 Å². The average molecular weight is 512 g/mol. The number of fused-ring (bicyclic) bond motifs is 1. The number of aromatic nitrogens is 2. The van der Waals surface area contributed by atoms with Crippen molar-refractivity contribution in [3.63, 3.8) is 0 Å². The molecule has 10 heteroatoms. The average Bonchev–Trinajstić information content (AvgIpc) is 3.56. The number of hydrogen-bond acceptors (Lipinski definition) is 6. The number of carbonyl (C=O) groups excluding carboxylic acids is 3. The minimum absolute atomic E-state index is 0.0802. The number of nitrogens with zero attached hydrogens (tertiary/aromatic N) is 3. The van der Waals surface area contributed by atoms with Crippen molar-refractivity contribution in [1.29, 1.82) is 0 Å². The van der Waals surface area contributed by atoms with Crippen LogP contribution in [0.1, 0.15) is 72.5 Å². The fourth-order valence-electron chi connectivity index (χ4n) is 5.28. The van der Waals surface area contributed by atoms with Crippen LogP contribution in [0.2, 0.25) is 0 Å². The third-order valence-corrected chi connectivity index (χ3v) is 7.35. The Labute approximate surface area is 217 Å². The first-order valence-electron chi connectivity index (χ1n) is 13.0. The SMILES string of the molecule is CCCN1C(=O)c2c(C(=O)NCCc3ccc(OC)c(OC)c3)ncn2C[C@]1(C)C(=O)NC1CCCC1. The summed E-state index contributed by atoms with van der Waals surface area (Å²) in [6.07, 6.45) is 6.89. The predicted molar refractivity (Wildman–Crippen MR) is 138 cm³/mol. The number of carbonyl (C=O) groups is 3. The Bertz CT molecular complexity index is 1160. The lowest BCUT2D eigenvalue weighted by Gasteiger charge is -2.44. The van der Waals surface area contributed by atoms with E-state index in [4.69, 9.17) is 9.47 Å². The number of methoxy groups -OCH3 is 2. The zero-order chi connectivity index (χ0) is 26.6. The van der Waals surface area contributed by atoms with Gasteiger partial charge >= 0.3 is 0 Å². The maximum Gasteiger partial charge on any atom is 0.273 e. The fraction of sp³-hybridized carbons (Fsp3) is 0.556. The lowest BCUT2D eigenvalue weighted by atomic mass is 9.93. The van der Waals surface area contributed by atoms with Gasteiger partial charge in [0.05, 0.1) is 27.1 Å². The first kappa shape index (κ1) is 26.5. The van der Waals surface area contributed by atoms with Gasteiger partial charge in [0, 0.05) is 19.1 Å². The highest BCUT2D eigenvalue weighted by molar-refractivity contribution is 6.07. The quantitative estimate of drug-likeness (QED) is 0.507. The molecule has 0 spiro atoms. The van der Waals surface area contributed by atoms with Crippen LogP contribution in [0.25, 0.3) is 0 Å². The van der Waals surface area contributed by atoms with E-state index < -0.39 is 11.4 Å². The summed E-state index contributed by atoms with van der Waals surface area (Å²) in [6.45, 7) is 4.79.